The third-order valence-electron chi connectivity index (χ3n) is 4.83. The summed E-state index contributed by atoms with van der Waals surface area (Å²) in [5.41, 5.74) is 5.06. The van der Waals surface area contributed by atoms with Crippen LogP contribution in [0.15, 0.2) is 67.0 Å². The largest absolute Gasteiger partial charge is 0.867 e. The Bertz CT molecular complexity index is 1090. The van der Waals surface area contributed by atoms with Crippen LogP contribution in [0.5, 0.6) is 5.75 Å². The van der Waals surface area contributed by atoms with Crippen molar-refractivity contribution in [3.63, 3.8) is 0 Å². The molecular weight excluding hydrogens is 392 g/mol. The van der Waals surface area contributed by atoms with Gasteiger partial charge in [0.2, 0.25) is 5.70 Å². The van der Waals surface area contributed by atoms with E-state index in [1.165, 1.54) is 0 Å². The SMILES string of the molecule is CCOc1ccc(NC(=S)C(=C([O-])c2ccc(C)c(C)c2)[n+]2cccc(C)c2)cc1. The molecule has 0 atom stereocenters. The molecule has 0 fully saturated rings. The lowest BCUT2D eigenvalue weighted by Crippen LogP contribution is -2.40. The van der Waals surface area contributed by atoms with Gasteiger partial charge in [-0.15, -0.1) is 0 Å². The van der Waals surface area contributed by atoms with Gasteiger partial charge < -0.3 is 15.2 Å². The summed E-state index contributed by atoms with van der Waals surface area (Å²) in [4.78, 5) is 0.359. The van der Waals surface area contributed by atoms with E-state index >= 15 is 0 Å². The number of aryl methyl sites for hydroxylation is 3. The molecule has 0 aliphatic carbocycles. The number of anilines is 1. The molecule has 3 aromatic rings. The first-order valence-electron chi connectivity index (χ1n) is 9.90. The van der Waals surface area contributed by atoms with Crippen LogP contribution in [0, 0.1) is 20.8 Å². The van der Waals surface area contributed by atoms with Gasteiger partial charge in [-0.25, -0.2) is 0 Å². The van der Waals surface area contributed by atoms with Gasteiger partial charge in [0.15, 0.2) is 17.4 Å². The summed E-state index contributed by atoms with van der Waals surface area (Å²) >= 11 is 5.68. The van der Waals surface area contributed by atoms with E-state index in [0.29, 0.717) is 22.9 Å². The minimum atomic E-state index is -0.128. The van der Waals surface area contributed by atoms with Gasteiger partial charge in [0, 0.05) is 17.3 Å². The van der Waals surface area contributed by atoms with E-state index < -0.39 is 0 Å². The highest BCUT2D eigenvalue weighted by Crippen LogP contribution is 2.21. The highest BCUT2D eigenvalue weighted by Gasteiger charge is 2.19. The van der Waals surface area contributed by atoms with Crippen LogP contribution in [0.3, 0.4) is 0 Å². The highest BCUT2D eigenvalue weighted by atomic mass is 32.1. The van der Waals surface area contributed by atoms with Crippen molar-refractivity contribution >= 4 is 34.3 Å². The minimum absolute atomic E-state index is 0.128. The van der Waals surface area contributed by atoms with Crippen molar-refractivity contribution in [1.29, 1.82) is 0 Å². The van der Waals surface area contributed by atoms with Crippen molar-refractivity contribution in [3.8, 4) is 5.75 Å². The molecule has 0 amide bonds. The van der Waals surface area contributed by atoms with E-state index in [2.05, 4.69) is 5.32 Å². The molecule has 1 N–H and O–H groups in total. The number of nitrogens with one attached hydrogen (secondary N) is 1. The van der Waals surface area contributed by atoms with Gasteiger partial charge in [0.1, 0.15) is 5.75 Å². The van der Waals surface area contributed by atoms with Crippen LogP contribution >= 0.6 is 12.2 Å². The number of aromatic nitrogens is 1. The Kier molecular flexibility index (Phi) is 6.85. The summed E-state index contributed by atoms with van der Waals surface area (Å²) in [6, 6.07) is 17.1. The molecule has 30 heavy (non-hydrogen) atoms. The number of hydrogen-bond acceptors (Lipinski definition) is 3. The molecule has 2 aromatic carbocycles. The Labute approximate surface area is 183 Å². The van der Waals surface area contributed by atoms with Gasteiger partial charge in [-0.05, 0) is 80.5 Å². The van der Waals surface area contributed by atoms with E-state index in [-0.39, 0.29) is 5.76 Å². The normalized spacial score (nSPS) is 11.6. The third kappa shape index (κ3) is 5.05. The standard InChI is InChI=1S/C25H26N2O2S/c1-5-29-22-12-10-21(11-13-22)26-25(30)23(27-14-6-7-17(2)16-27)24(28)20-9-8-18(3)19(4)15-20/h6-16H,5H2,1-4H3,(H-,26,28,30). The number of hydrogen-bond donors (Lipinski definition) is 1. The summed E-state index contributed by atoms with van der Waals surface area (Å²) < 4.78 is 7.28. The lowest BCUT2D eigenvalue weighted by Gasteiger charge is -2.18. The van der Waals surface area contributed by atoms with E-state index in [0.717, 1.165) is 28.1 Å². The molecule has 3 rings (SSSR count). The summed E-state index contributed by atoms with van der Waals surface area (Å²) in [5, 5.41) is 16.7. The first-order chi connectivity index (χ1) is 14.4. The summed E-state index contributed by atoms with van der Waals surface area (Å²) in [6.45, 7) is 8.57. The number of benzene rings is 2. The fourth-order valence-electron chi connectivity index (χ4n) is 3.08. The van der Waals surface area contributed by atoms with Crippen molar-refractivity contribution in [2.45, 2.75) is 27.7 Å². The van der Waals surface area contributed by atoms with Crippen LogP contribution in [0.25, 0.3) is 11.5 Å². The second kappa shape index (κ2) is 9.55. The quantitative estimate of drug-likeness (QED) is 0.279. The van der Waals surface area contributed by atoms with Crippen molar-refractivity contribution in [2.24, 2.45) is 0 Å². The Hall–Kier alpha value is -3.18. The van der Waals surface area contributed by atoms with Crippen LogP contribution < -0.4 is 19.7 Å². The third-order valence-corrected chi connectivity index (χ3v) is 5.12. The lowest BCUT2D eigenvalue weighted by atomic mass is 10.0. The van der Waals surface area contributed by atoms with Crippen LogP contribution in [-0.4, -0.2) is 11.6 Å². The van der Waals surface area contributed by atoms with Gasteiger partial charge in [-0.1, -0.05) is 30.4 Å². The fourth-order valence-corrected chi connectivity index (χ4v) is 3.40. The van der Waals surface area contributed by atoms with Crippen LogP contribution in [0.2, 0.25) is 0 Å². The smallest absolute Gasteiger partial charge is 0.238 e. The molecule has 0 aliphatic rings. The van der Waals surface area contributed by atoms with Gasteiger partial charge in [0.05, 0.1) is 6.61 Å². The zero-order valence-electron chi connectivity index (χ0n) is 17.7. The van der Waals surface area contributed by atoms with Crippen molar-refractivity contribution in [1.82, 2.24) is 0 Å². The summed E-state index contributed by atoms with van der Waals surface area (Å²) in [5.74, 6) is 0.662. The molecule has 0 spiro atoms. The van der Waals surface area contributed by atoms with E-state index in [1.54, 1.807) is 4.57 Å². The molecule has 5 heteroatoms. The minimum Gasteiger partial charge on any atom is -0.867 e. The number of rotatable bonds is 6. The molecule has 0 unspecified atom stereocenters. The van der Waals surface area contributed by atoms with Crippen LogP contribution in [0.4, 0.5) is 5.69 Å². The van der Waals surface area contributed by atoms with Crippen LogP contribution in [0.1, 0.15) is 29.2 Å². The average molecular weight is 419 g/mol. The van der Waals surface area contributed by atoms with Gasteiger partial charge >= 0.3 is 0 Å². The predicted molar refractivity (Wildman–Crippen MR) is 124 cm³/mol. The molecule has 1 heterocycles. The van der Waals surface area contributed by atoms with E-state index in [1.807, 2.05) is 94.7 Å². The van der Waals surface area contributed by atoms with Crippen molar-refractivity contribution < 1.29 is 14.4 Å². The number of thiocarbonyl (C=S) groups is 1. The van der Waals surface area contributed by atoms with Gasteiger partial charge in [-0.2, -0.15) is 4.57 Å². The Morgan fingerprint density at radius 3 is 2.40 bits per heavy atom. The Morgan fingerprint density at radius 1 is 1.03 bits per heavy atom. The van der Waals surface area contributed by atoms with Gasteiger partial charge in [-0.3, -0.25) is 0 Å². The maximum atomic E-state index is 13.5. The monoisotopic (exact) mass is 418 g/mol. The molecule has 0 bridgehead atoms. The molecular formula is C25H26N2O2S. The molecule has 154 valence electrons. The van der Waals surface area contributed by atoms with E-state index in [4.69, 9.17) is 17.0 Å². The number of ether oxygens (including phenoxy) is 1. The molecule has 0 aliphatic heterocycles. The number of pyridine rings is 1. The first-order valence-corrected chi connectivity index (χ1v) is 10.3. The second-order valence-electron chi connectivity index (χ2n) is 7.18. The Morgan fingerprint density at radius 2 is 1.77 bits per heavy atom. The zero-order valence-corrected chi connectivity index (χ0v) is 18.5. The summed E-state index contributed by atoms with van der Waals surface area (Å²) in [7, 11) is 0. The van der Waals surface area contributed by atoms with Crippen molar-refractivity contribution in [2.75, 3.05) is 11.9 Å². The molecule has 1 aromatic heterocycles. The second-order valence-corrected chi connectivity index (χ2v) is 7.59. The molecule has 0 radical (unpaired) electrons. The summed E-state index contributed by atoms with van der Waals surface area (Å²) in [6.07, 6.45) is 3.74. The molecule has 0 saturated carbocycles. The molecule has 4 nitrogen and oxygen atoms in total. The van der Waals surface area contributed by atoms with Crippen molar-refractivity contribution in [3.05, 3.63) is 89.2 Å². The fraction of sp³-hybridized carbons (Fsp3) is 0.200. The molecule has 0 saturated heterocycles. The topological polar surface area (TPSA) is 48.2 Å². The lowest BCUT2D eigenvalue weighted by molar-refractivity contribution is -0.578. The maximum Gasteiger partial charge on any atom is 0.238 e. The average Bonchev–Trinajstić information content (AvgIpc) is 2.72. The number of nitrogens with zero attached hydrogens (tertiary/aromatic N) is 1. The Balaban J connectivity index is 2.02. The maximum absolute atomic E-state index is 13.5. The first kappa shape index (κ1) is 21.5. The van der Waals surface area contributed by atoms with Gasteiger partial charge in [0.25, 0.3) is 0 Å². The van der Waals surface area contributed by atoms with E-state index in [9.17, 15) is 5.11 Å². The zero-order chi connectivity index (χ0) is 21.7. The van der Waals surface area contributed by atoms with Crippen LogP contribution in [-0.2, 0) is 0 Å². The predicted octanol–water partition coefficient (Wildman–Crippen LogP) is 4.42. The highest BCUT2D eigenvalue weighted by molar-refractivity contribution is 7.81.